The third-order valence-electron chi connectivity index (χ3n) is 4.73. The average molecular weight is 321 g/mol. The fourth-order valence-corrected chi connectivity index (χ4v) is 4.64. The summed E-state index contributed by atoms with van der Waals surface area (Å²) in [6.07, 6.45) is 9.35. The van der Waals surface area contributed by atoms with Crippen LogP contribution in [0.2, 0.25) is 0 Å². The molecule has 3 nitrogen and oxygen atoms in total. The predicted molar refractivity (Wildman–Crippen MR) is 92.8 cm³/mol. The molecule has 0 aromatic heterocycles. The number of hydrogen-bond acceptors (Lipinski definition) is 3. The summed E-state index contributed by atoms with van der Waals surface area (Å²) in [5.41, 5.74) is 2.21. The maximum atomic E-state index is 13.0. The van der Waals surface area contributed by atoms with Crippen molar-refractivity contribution in [3.8, 4) is 0 Å². The van der Waals surface area contributed by atoms with E-state index < -0.39 is 9.84 Å². The molecule has 1 heterocycles. The van der Waals surface area contributed by atoms with Crippen molar-refractivity contribution < 1.29 is 8.42 Å². The van der Waals surface area contributed by atoms with E-state index in [1.807, 2.05) is 19.1 Å². The Bertz CT molecular complexity index is 665. The van der Waals surface area contributed by atoms with Crippen LogP contribution in [0.15, 0.2) is 45.4 Å². The van der Waals surface area contributed by atoms with Crippen molar-refractivity contribution in [3.05, 3.63) is 45.4 Å². The Labute approximate surface area is 134 Å². The second-order valence-corrected chi connectivity index (χ2v) is 8.29. The van der Waals surface area contributed by atoms with Gasteiger partial charge in [-0.05, 0) is 43.8 Å². The molecule has 3 atom stereocenters. The molecular weight excluding hydrogens is 294 g/mol. The van der Waals surface area contributed by atoms with Gasteiger partial charge in [-0.3, -0.25) is 0 Å². The number of dihydropyridines is 1. The van der Waals surface area contributed by atoms with Gasteiger partial charge in [0.25, 0.3) is 0 Å². The summed E-state index contributed by atoms with van der Waals surface area (Å²) in [6.45, 7) is 10.3. The quantitative estimate of drug-likeness (QED) is 0.849. The lowest BCUT2D eigenvalue weighted by Crippen LogP contribution is -2.33. The smallest absolute Gasteiger partial charge is 0.221 e. The normalized spacial score (nSPS) is 29.0. The third-order valence-corrected chi connectivity index (χ3v) is 6.42. The summed E-state index contributed by atoms with van der Waals surface area (Å²) < 4.78 is 26.0. The van der Waals surface area contributed by atoms with Crippen molar-refractivity contribution >= 4 is 9.84 Å². The fourth-order valence-electron chi connectivity index (χ4n) is 3.03. The van der Waals surface area contributed by atoms with Gasteiger partial charge in [-0.15, -0.1) is 0 Å². The molecule has 1 aliphatic carbocycles. The van der Waals surface area contributed by atoms with Gasteiger partial charge in [0.1, 0.15) is 5.03 Å². The molecule has 1 aliphatic heterocycles. The van der Waals surface area contributed by atoms with Gasteiger partial charge >= 0.3 is 0 Å². The van der Waals surface area contributed by atoms with Gasteiger partial charge in [0, 0.05) is 6.04 Å². The first-order valence-corrected chi connectivity index (χ1v) is 9.61. The van der Waals surface area contributed by atoms with Crippen molar-refractivity contribution in [3.63, 3.8) is 0 Å². The largest absolute Gasteiger partial charge is 0.369 e. The zero-order valence-electron chi connectivity index (χ0n) is 14.2. The van der Waals surface area contributed by atoms with Crippen LogP contribution in [0.3, 0.4) is 0 Å². The van der Waals surface area contributed by atoms with E-state index in [2.05, 4.69) is 39.1 Å². The first kappa shape index (κ1) is 17.1. The number of sulfone groups is 1. The van der Waals surface area contributed by atoms with Gasteiger partial charge in [-0.1, -0.05) is 51.0 Å². The number of rotatable bonds is 4. The van der Waals surface area contributed by atoms with Crippen molar-refractivity contribution in [2.24, 2.45) is 11.8 Å². The highest BCUT2D eigenvalue weighted by Crippen LogP contribution is 2.34. The van der Waals surface area contributed by atoms with E-state index in [4.69, 9.17) is 0 Å². The third kappa shape index (κ3) is 3.22. The van der Waals surface area contributed by atoms with Crippen LogP contribution >= 0.6 is 0 Å². The molecule has 3 unspecified atom stereocenters. The molecule has 0 radical (unpaired) electrons. The summed E-state index contributed by atoms with van der Waals surface area (Å²) >= 11 is 0. The van der Waals surface area contributed by atoms with Crippen LogP contribution in [-0.4, -0.2) is 14.5 Å². The van der Waals surface area contributed by atoms with Gasteiger partial charge in [0.2, 0.25) is 9.84 Å². The van der Waals surface area contributed by atoms with Crippen molar-refractivity contribution in [2.75, 3.05) is 0 Å². The van der Waals surface area contributed by atoms with Crippen LogP contribution in [-0.2, 0) is 9.84 Å². The molecule has 0 bridgehead atoms. The second-order valence-electron chi connectivity index (χ2n) is 6.37. The van der Waals surface area contributed by atoms with E-state index in [0.717, 1.165) is 18.4 Å². The van der Waals surface area contributed by atoms with Crippen LogP contribution < -0.4 is 5.32 Å². The number of allylic oxidation sites excluding steroid dienone is 5. The molecule has 0 saturated carbocycles. The van der Waals surface area contributed by atoms with Crippen LogP contribution in [0, 0.1) is 11.8 Å². The van der Waals surface area contributed by atoms with Crippen LogP contribution in [0.5, 0.6) is 0 Å². The Morgan fingerprint density at radius 3 is 2.41 bits per heavy atom. The molecule has 1 N–H and O–H groups in total. The molecule has 0 aromatic rings. The highest BCUT2D eigenvalue weighted by Gasteiger charge is 2.30. The van der Waals surface area contributed by atoms with E-state index >= 15 is 0 Å². The highest BCUT2D eigenvalue weighted by molar-refractivity contribution is 7.99. The molecule has 0 spiro atoms. The molecule has 4 heteroatoms. The van der Waals surface area contributed by atoms with Gasteiger partial charge in [0.15, 0.2) is 0 Å². The molecule has 0 saturated heterocycles. The van der Waals surface area contributed by atoms with Gasteiger partial charge in [-0.25, -0.2) is 8.42 Å². The summed E-state index contributed by atoms with van der Waals surface area (Å²) in [5, 5.41) is 3.49. The molecule has 0 amide bonds. The van der Waals surface area contributed by atoms with Gasteiger partial charge in [-0.2, -0.15) is 0 Å². The maximum Gasteiger partial charge on any atom is 0.221 e. The molecular formula is C18H27NO2S. The van der Waals surface area contributed by atoms with Gasteiger partial charge in [0.05, 0.1) is 4.91 Å². The Kier molecular flexibility index (Phi) is 5.00. The first-order chi connectivity index (χ1) is 10.3. The van der Waals surface area contributed by atoms with E-state index in [-0.39, 0.29) is 12.0 Å². The number of hydrogen-bond donors (Lipinski definition) is 1. The Balaban J connectivity index is 2.41. The summed E-state index contributed by atoms with van der Waals surface area (Å²) in [7, 11) is -3.47. The standard InChI is InChI=1S/C18H27NO2S/c1-6-15-11-17(10-13(4)14(15)5)22(20,21)18-9-12(3)8-16(7-2)19-18/h8-11,13-14,16,19H,6-7H2,1-5H3. The van der Waals surface area contributed by atoms with Crippen molar-refractivity contribution in [1.82, 2.24) is 5.32 Å². The monoisotopic (exact) mass is 321 g/mol. The molecule has 0 fully saturated rings. The zero-order chi connectivity index (χ0) is 16.5. The molecule has 2 rings (SSSR count). The topological polar surface area (TPSA) is 46.2 Å². The SMILES string of the molecule is CCC1=CC(S(=O)(=O)C2=CC(C)=CC(CC)N2)=CC(C)C1C. The Morgan fingerprint density at radius 1 is 1.14 bits per heavy atom. The summed E-state index contributed by atoms with van der Waals surface area (Å²) in [4.78, 5) is 0.443. The second kappa shape index (κ2) is 6.45. The minimum absolute atomic E-state index is 0.0879. The number of nitrogens with one attached hydrogen (secondary N) is 1. The van der Waals surface area contributed by atoms with E-state index in [0.29, 0.717) is 15.9 Å². The zero-order valence-corrected chi connectivity index (χ0v) is 15.0. The van der Waals surface area contributed by atoms with Gasteiger partial charge < -0.3 is 5.32 Å². The van der Waals surface area contributed by atoms with E-state index in [1.165, 1.54) is 5.57 Å². The average Bonchev–Trinajstić information content (AvgIpc) is 2.48. The van der Waals surface area contributed by atoms with Crippen molar-refractivity contribution in [1.29, 1.82) is 0 Å². The minimum Gasteiger partial charge on any atom is -0.369 e. The highest BCUT2D eigenvalue weighted by atomic mass is 32.2. The molecule has 22 heavy (non-hydrogen) atoms. The van der Waals surface area contributed by atoms with Crippen LogP contribution in [0.4, 0.5) is 0 Å². The predicted octanol–water partition coefficient (Wildman–Crippen LogP) is 4.08. The van der Waals surface area contributed by atoms with E-state index in [9.17, 15) is 8.42 Å². The maximum absolute atomic E-state index is 13.0. The Morgan fingerprint density at radius 2 is 1.82 bits per heavy atom. The summed E-state index contributed by atoms with van der Waals surface area (Å²) in [6, 6.07) is 0.0879. The van der Waals surface area contributed by atoms with Crippen LogP contribution in [0.25, 0.3) is 0 Å². The summed E-state index contributed by atoms with van der Waals surface area (Å²) in [5.74, 6) is 0.648. The lowest BCUT2D eigenvalue weighted by Gasteiger charge is -2.27. The molecule has 2 aliphatic rings. The van der Waals surface area contributed by atoms with E-state index in [1.54, 1.807) is 6.08 Å². The Hall–Kier alpha value is -1.29. The van der Waals surface area contributed by atoms with Crippen LogP contribution in [0.1, 0.15) is 47.5 Å². The molecule has 122 valence electrons. The minimum atomic E-state index is -3.47. The van der Waals surface area contributed by atoms with Crippen molar-refractivity contribution in [2.45, 2.75) is 53.5 Å². The fraction of sp³-hybridized carbons (Fsp3) is 0.556. The molecule has 0 aromatic carbocycles. The first-order valence-electron chi connectivity index (χ1n) is 8.13. The lowest BCUT2D eigenvalue weighted by atomic mass is 9.83. The lowest BCUT2D eigenvalue weighted by molar-refractivity contribution is 0.507.